The summed E-state index contributed by atoms with van der Waals surface area (Å²) in [7, 11) is -2.55. The predicted octanol–water partition coefficient (Wildman–Crippen LogP) is 7.91. The molecule has 4 rings (SSSR count). The number of carboxylic acids is 1. The summed E-state index contributed by atoms with van der Waals surface area (Å²) < 4.78 is 62.4. The Morgan fingerprint density at radius 2 is 1.57 bits per heavy atom. The van der Waals surface area contributed by atoms with Crippen LogP contribution in [0.1, 0.15) is 9.67 Å². The molecule has 1 aromatic heterocycles. The van der Waals surface area contributed by atoms with Crippen molar-refractivity contribution in [2.45, 2.75) is 0 Å². The molecule has 2 aromatic rings. The quantitative estimate of drug-likeness (QED) is 0.121. The van der Waals surface area contributed by atoms with Gasteiger partial charge in [0, 0.05) is 63.6 Å². The van der Waals surface area contributed by atoms with Gasteiger partial charge in [-0.1, -0.05) is 6.07 Å². The molecule has 13 heteroatoms. The second-order valence-electron chi connectivity index (χ2n) is 8.05. The number of thiophene rings is 1. The standard InChI is InChI=1S/C22H20N2O2S2.F6P/c1-23(2)13-5-7-15-18(11-13)28-19-12-14(24(3)4)6-8-16(19)20(15)17-9-10-27-21(17)22(25)26;1-7(2,3,4,5)6/h5-12H,1-4H3;/q;-1/p+1. The molecule has 1 N–H and O–H groups in total. The van der Waals surface area contributed by atoms with E-state index in [-0.39, 0.29) is 0 Å². The van der Waals surface area contributed by atoms with Gasteiger partial charge >= 0.3 is 39.0 Å². The zero-order valence-corrected chi connectivity index (χ0v) is 21.4. The summed E-state index contributed by atoms with van der Waals surface area (Å²) in [5.74, 6) is -0.881. The molecule has 4 nitrogen and oxygen atoms in total. The minimum absolute atomic E-state index is 0.382. The van der Waals surface area contributed by atoms with Crippen LogP contribution in [0.5, 0.6) is 0 Å². The first-order valence-electron chi connectivity index (χ1n) is 9.87. The molecule has 0 atom stereocenters. The Morgan fingerprint density at radius 3 is 2.11 bits per heavy atom. The Labute approximate surface area is 204 Å². The average Bonchev–Trinajstić information content (AvgIpc) is 3.18. The molecule has 2 heterocycles. The van der Waals surface area contributed by atoms with E-state index in [0.717, 1.165) is 42.7 Å². The molecule has 1 aromatic carbocycles. The molecular formula is C22H21F6N2O2PS2. The van der Waals surface area contributed by atoms with E-state index in [2.05, 4.69) is 45.9 Å². The SMILES string of the molecule is CN(C)c1ccc2c(-c3ccsc3C(=O)O)c3ccc(=[N+](C)C)cc-3sc2c1.F[P-](F)(F)(F)(F)F. The van der Waals surface area contributed by atoms with Gasteiger partial charge in [0.1, 0.15) is 19.0 Å². The van der Waals surface area contributed by atoms with Gasteiger partial charge < -0.3 is 10.0 Å². The summed E-state index contributed by atoms with van der Waals surface area (Å²) >= 11 is 3.02. The van der Waals surface area contributed by atoms with E-state index >= 15 is 0 Å². The maximum absolute atomic E-state index is 11.8. The van der Waals surface area contributed by atoms with Gasteiger partial charge in [0.2, 0.25) is 5.36 Å². The monoisotopic (exact) mass is 554 g/mol. The molecule has 0 spiro atoms. The van der Waals surface area contributed by atoms with E-state index in [0.29, 0.717) is 4.88 Å². The zero-order valence-electron chi connectivity index (χ0n) is 18.9. The van der Waals surface area contributed by atoms with Crippen molar-refractivity contribution in [1.82, 2.24) is 4.58 Å². The second-order valence-corrected chi connectivity index (χ2v) is 12.0. The predicted molar refractivity (Wildman–Crippen MR) is 134 cm³/mol. The molecule has 1 aliphatic heterocycles. The Bertz CT molecular complexity index is 1460. The molecule has 35 heavy (non-hydrogen) atoms. The van der Waals surface area contributed by atoms with Crippen LogP contribution in [0.3, 0.4) is 0 Å². The third-order valence-electron chi connectivity index (χ3n) is 4.85. The van der Waals surface area contributed by atoms with Crippen LogP contribution in [0.2, 0.25) is 0 Å². The summed E-state index contributed by atoms with van der Waals surface area (Å²) in [4.78, 5) is 15.4. The van der Waals surface area contributed by atoms with E-state index in [1.54, 1.807) is 11.3 Å². The fraction of sp³-hybridized carbons (Fsp3) is 0.182. The van der Waals surface area contributed by atoms with Gasteiger partial charge in [-0.3, -0.25) is 0 Å². The van der Waals surface area contributed by atoms with Gasteiger partial charge in [-0.05, 0) is 29.6 Å². The van der Waals surface area contributed by atoms with Crippen LogP contribution in [-0.2, 0) is 0 Å². The Hall–Kier alpha value is -2.69. The molecule has 0 saturated heterocycles. The number of hydrogen-bond acceptors (Lipinski definition) is 4. The van der Waals surface area contributed by atoms with Gasteiger partial charge in [-0.15, -0.1) is 22.7 Å². The van der Waals surface area contributed by atoms with Gasteiger partial charge in [-0.2, -0.15) is 0 Å². The van der Waals surface area contributed by atoms with E-state index < -0.39 is 13.8 Å². The third kappa shape index (κ3) is 7.16. The van der Waals surface area contributed by atoms with Crippen molar-refractivity contribution in [3.05, 3.63) is 58.1 Å². The molecule has 0 saturated carbocycles. The molecular weight excluding hydrogens is 533 g/mol. The van der Waals surface area contributed by atoms with Crippen LogP contribution in [0, 0.1) is 0 Å². The Morgan fingerprint density at radius 1 is 0.943 bits per heavy atom. The topological polar surface area (TPSA) is 43.6 Å². The van der Waals surface area contributed by atoms with Crippen molar-refractivity contribution in [2.75, 3.05) is 33.1 Å². The van der Waals surface area contributed by atoms with Crippen LogP contribution < -0.4 is 14.8 Å². The fourth-order valence-electron chi connectivity index (χ4n) is 3.39. The van der Waals surface area contributed by atoms with E-state index in [4.69, 9.17) is 0 Å². The van der Waals surface area contributed by atoms with Gasteiger partial charge in [0.05, 0.1) is 0 Å². The summed E-state index contributed by atoms with van der Waals surface area (Å²) in [6.45, 7) is 0. The third-order valence-corrected chi connectivity index (χ3v) is 6.87. The molecule has 0 radical (unpaired) electrons. The molecule has 0 unspecified atom stereocenters. The number of rotatable bonds is 3. The molecule has 1 aliphatic carbocycles. The Balaban J connectivity index is 0.000000429. The van der Waals surface area contributed by atoms with Crippen molar-refractivity contribution >= 4 is 52.2 Å². The number of carboxylic acid groups (broad SMARTS) is 1. The van der Waals surface area contributed by atoms with Crippen molar-refractivity contribution in [1.29, 1.82) is 0 Å². The van der Waals surface area contributed by atoms with E-state index in [1.807, 2.05) is 39.6 Å². The maximum atomic E-state index is 11.8. The molecule has 0 amide bonds. The zero-order chi connectivity index (χ0) is 26.4. The van der Waals surface area contributed by atoms with Crippen molar-refractivity contribution < 1.29 is 35.1 Å². The number of carbonyl (C=O) groups is 1. The number of aromatic carboxylic acids is 1. The van der Waals surface area contributed by atoms with Crippen LogP contribution in [0.4, 0.5) is 30.9 Å². The summed E-state index contributed by atoms with van der Waals surface area (Å²) in [5.41, 5.74) is 4.00. The molecule has 0 bridgehead atoms. The number of halogens is 6. The fourth-order valence-corrected chi connectivity index (χ4v) is 5.28. The van der Waals surface area contributed by atoms with Crippen molar-refractivity contribution in [3.63, 3.8) is 0 Å². The first-order chi connectivity index (χ1) is 15.8. The molecule has 190 valence electrons. The molecule has 2 aliphatic rings. The first kappa shape index (κ1) is 26.9. The van der Waals surface area contributed by atoms with Crippen LogP contribution in [0.25, 0.3) is 31.7 Å². The Kier molecular flexibility index (Phi) is 6.50. The summed E-state index contributed by atoms with van der Waals surface area (Å²) in [6, 6.07) is 14.7. The van der Waals surface area contributed by atoms with Gasteiger partial charge in [-0.25, -0.2) is 9.37 Å². The van der Waals surface area contributed by atoms with E-state index in [1.165, 1.54) is 11.3 Å². The number of nitrogens with zero attached hydrogens (tertiary/aromatic N) is 2. The summed E-state index contributed by atoms with van der Waals surface area (Å²) in [6.07, 6.45) is 0. The minimum atomic E-state index is -10.7. The average molecular weight is 555 g/mol. The van der Waals surface area contributed by atoms with Crippen molar-refractivity contribution in [3.8, 4) is 21.6 Å². The first-order valence-corrected chi connectivity index (χ1v) is 13.6. The normalized spacial score (nSPS) is 13.5. The van der Waals surface area contributed by atoms with Gasteiger partial charge in [0.25, 0.3) is 0 Å². The number of fused-ring (bicyclic) bond motifs is 2. The van der Waals surface area contributed by atoms with Crippen LogP contribution in [0.15, 0.2) is 47.8 Å². The van der Waals surface area contributed by atoms with Gasteiger partial charge in [0.15, 0.2) is 0 Å². The number of anilines is 1. The number of benzene rings is 2. The van der Waals surface area contributed by atoms with Crippen LogP contribution >= 0.6 is 30.5 Å². The van der Waals surface area contributed by atoms with Crippen LogP contribution in [-0.4, -0.2) is 39.3 Å². The second kappa shape index (κ2) is 8.46. The molecule has 0 fully saturated rings. The number of hydrogen-bond donors (Lipinski definition) is 1. The summed E-state index contributed by atoms with van der Waals surface area (Å²) in [5, 5.41) is 13.8. The van der Waals surface area contributed by atoms with Crippen molar-refractivity contribution in [2.24, 2.45) is 0 Å². The van der Waals surface area contributed by atoms with E-state index in [9.17, 15) is 35.1 Å².